The molecule has 3 aromatic carbocycles. The largest absolute Gasteiger partial charge is 0.492 e. The van der Waals surface area contributed by atoms with Gasteiger partial charge in [-0.25, -0.2) is 8.42 Å². The summed E-state index contributed by atoms with van der Waals surface area (Å²) in [6, 6.07) is 22.8. The molecule has 0 unspecified atom stereocenters. The highest BCUT2D eigenvalue weighted by atomic mass is 35.5. The summed E-state index contributed by atoms with van der Waals surface area (Å²) in [5, 5.41) is 3.27. The van der Waals surface area contributed by atoms with Gasteiger partial charge >= 0.3 is 0 Å². The van der Waals surface area contributed by atoms with E-state index in [9.17, 15) is 8.42 Å². The molecule has 32 heavy (non-hydrogen) atoms. The van der Waals surface area contributed by atoms with Crippen LogP contribution in [0.3, 0.4) is 0 Å². The van der Waals surface area contributed by atoms with Gasteiger partial charge in [0, 0.05) is 10.6 Å². The molecule has 6 nitrogen and oxygen atoms in total. The number of aromatic nitrogens is 1. The van der Waals surface area contributed by atoms with Crippen LogP contribution in [0.15, 0.2) is 93.2 Å². The molecule has 0 aliphatic rings. The number of rotatable bonds is 8. The number of nitrogens with one attached hydrogen (secondary N) is 1. The molecule has 8 heteroatoms. The topological polar surface area (TPSA) is 81.4 Å². The second-order valence-corrected chi connectivity index (χ2v) is 9.37. The fourth-order valence-corrected chi connectivity index (χ4v) is 4.40. The Kier molecular flexibility index (Phi) is 6.48. The average Bonchev–Trinajstić information content (AvgIpc) is 3.23. The lowest BCUT2D eigenvalue weighted by Crippen LogP contribution is -2.13. The van der Waals surface area contributed by atoms with Crippen LogP contribution >= 0.6 is 11.6 Å². The van der Waals surface area contributed by atoms with Gasteiger partial charge in [-0.15, -0.1) is 0 Å². The summed E-state index contributed by atoms with van der Waals surface area (Å²) in [4.78, 5) is 4.40. The minimum absolute atomic E-state index is 0.0622. The van der Waals surface area contributed by atoms with Gasteiger partial charge in [0.05, 0.1) is 11.4 Å². The average molecular weight is 469 g/mol. The van der Waals surface area contributed by atoms with Crippen molar-refractivity contribution in [2.75, 3.05) is 18.5 Å². The standard InChI is InChI=1S/C24H21ClN2O4S/c1-17-7-9-18(10-8-17)22-27-24(32(28,29)21-13-11-19(25)12-14-21)23(31-22)26-15-16-30-20-5-3-2-4-6-20/h2-14,26H,15-16H2,1H3. The number of hydrogen-bond donors (Lipinski definition) is 1. The third-order valence-electron chi connectivity index (χ3n) is 4.67. The molecule has 4 rings (SSSR count). The summed E-state index contributed by atoms with van der Waals surface area (Å²) in [6.45, 7) is 2.60. The van der Waals surface area contributed by atoms with Crippen LogP contribution in [0.5, 0.6) is 5.75 Å². The van der Waals surface area contributed by atoms with Crippen molar-refractivity contribution < 1.29 is 17.6 Å². The predicted octanol–water partition coefficient (Wildman–Crippen LogP) is 5.63. The SMILES string of the molecule is Cc1ccc(-c2nc(S(=O)(=O)c3ccc(Cl)cc3)c(NCCOc3ccccc3)o2)cc1. The number of para-hydroxylation sites is 1. The van der Waals surface area contributed by atoms with Crippen molar-refractivity contribution in [2.45, 2.75) is 16.8 Å². The van der Waals surface area contributed by atoms with Gasteiger partial charge < -0.3 is 14.5 Å². The zero-order chi connectivity index (χ0) is 22.6. The fraction of sp³-hybridized carbons (Fsp3) is 0.125. The Balaban J connectivity index is 1.62. The zero-order valence-electron chi connectivity index (χ0n) is 17.3. The van der Waals surface area contributed by atoms with E-state index in [-0.39, 0.29) is 21.7 Å². The van der Waals surface area contributed by atoms with E-state index in [0.29, 0.717) is 23.7 Å². The molecule has 0 atom stereocenters. The first-order chi connectivity index (χ1) is 15.4. The van der Waals surface area contributed by atoms with Gasteiger partial charge in [-0.2, -0.15) is 4.98 Å². The van der Waals surface area contributed by atoms with Gasteiger partial charge in [-0.1, -0.05) is 47.5 Å². The minimum Gasteiger partial charge on any atom is -0.492 e. The van der Waals surface area contributed by atoms with Crippen molar-refractivity contribution in [3.05, 3.63) is 89.4 Å². The Labute approximate surface area is 191 Å². The number of sulfone groups is 1. The number of anilines is 1. The molecule has 0 aliphatic carbocycles. The number of nitrogens with zero attached hydrogens (tertiary/aromatic N) is 1. The second kappa shape index (κ2) is 9.46. The molecule has 0 saturated heterocycles. The monoisotopic (exact) mass is 468 g/mol. The van der Waals surface area contributed by atoms with E-state index in [1.165, 1.54) is 24.3 Å². The summed E-state index contributed by atoms with van der Waals surface area (Å²) in [5.41, 5.74) is 1.75. The fourth-order valence-electron chi connectivity index (χ4n) is 3.00. The summed E-state index contributed by atoms with van der Waals surface area (Å²) < 4.78 is 38.1. The Morgan fingerprint density at radius 2 is 1.66 bits per heavy atom. The number of benzene rings is 3. The van der Waals surface area contributed by atoms with Crippen LogP contribution in [0.1, 0.15) is 5.56 Å². The number of halogens is 1. The molecule has 0 spiro atoms. The lowest BCUT2D eigenvalue weighted by Gasteiger charge is -2.08. The molecule has 1 N–H and O–H groups in total. The van der Waals surface area contributed by atoms with Crippen LogP contribution in [-0.4, -0.2) is 26.6 Å². The molecule has 0 fully saturated rings. The molecule has 1 aromatic heterocycles. The number of hydrogen-bond acceptors (Lipinski definition) is 6. The number of aryl methyl sites for hydroxylation is 1. The first kappa shape index (κ1) is 21.9. The van der Waals surface area contributed by atoms with Crippen LogP contribution in [0.2, 0.25) is 5.02 Å². The van der Waals surface area contributed by atoms with E-state index in [4.69, 9.17) is 20.8 Å². The third-order valence-corrected chi connectivity index (χ3v) is 6.60. The van der Waals surface area contributed by atoms with Crippen molar-refractivity contribution in [1.29, 1.82) is 0 Å². The zero-order valence-corrected chi connectivity index (χ0v) is 18.9. The van der Waals surface area contributed by atoms with Crippen LogP contribution < -0.4 is 10.1 Å². The van der Waals surface area contributed by atoms with Crippen LogP contribution in [0, 0.1) is 6.92 Å². The highest BCUT2D eigenvalue weighted by Crippen LogP contribution is 2.32. The van der Waals surface area contributed by atoms with E-state index in [2.05, 4.69) is 10.3 Å². The maximum absolute atomic E-state index is 13.3. The molecule has 164 valence electrons. The molecule has 0 amide bonds. The first-order valence-corrected chi connectivity index (χ1v) is 11.8. The molecule has 0 saturated carbocycles. The van der Waals surface area contributed by atoms with Crippen molar-refractivity contribution in [2.24, 2.45) is 0 Å². The second-order valence-electron chi connectivity index (χ2n) is 7.06. The molecule has 1 heterocycles. The smallest absolute Gasteiger partial charge is 0.234 e. The first-order valence-electron chi connectivity index (χ1n) is 9.94. The maximum Gasteiger partial charge on any atom is 0.234 e. The van der Waals surface area contributed by atoms with Gasteiger partial charge in [0.1, 0.15) is 12.4 Å². The number of oxazole rings is 1. The third kappa shape index (κ3) is 4.95. The van der Waals surface area contributed by atoms with Gasteiger partial charge in [-0.05, 0) is 55.5 Å². The van der Waals surface area contributed by atoms with E-state index in [0.717, 1.165) is 11.3 Å². The Morgan fingerprint density at radius 1 is 0.969 bits per heavy atom. The van der Waals surface area contributed by atoms with Crippen molar-refractivity contribution in [3.8, 4) is 17.2 Å². The summed E-state index contributed by atoms with van der Waals surface area (Å²) in [5.74, 6) is 0.998. The molecule has 4 aromatic rings. The molecular weight excluding hydrogens is 448 g/mol. The van der Waals surface area contributed by atoms with Crippen LogP contribution in [0.4, 0.5) is 5.88 Å². The van der Waals surface area contributed by atoms with E-state index >= 15 is 0 Å². The van der Waals surface area contributed by atoms with Gasteiger partial charge in [0.15, 0.2) is 0 Å². The van der Waals surface area contributed by atoms with E-state index in [1.807, 2.05) is 61.5 Å². The van der Waals surface area contributed by atoms with E-state index < -0.39 is 9.84 Å². The number of ether oxygens (including phenoxy) is 1. The quantitative estimate of drug-likeness (QED) is 0.337. The summed E-state index contributed by atoms with van der Waals surface area (Å²) in [7, 11) is -3.94. The lowest BCUT2D eigenvalue weighted by atomic mass is 10.1. The van der Waals surface area contributed by atoms with Gasteiger partial charge in [0.25, 0.3) is 0 Å². The lowest BCUT2D eigenvalue weighted by molar-refractivity contribution is 0.331. The van der Waals surface area contributed by atoms with Gasteiger partial charge in [-0.3, -0.25) is 0 Å². The van der Waals surface area contributed by atoms with E-state index in [1.54, 1.807) is 0 Å². The normalized spacial score (nSPS) is 11.3. The molecule has 0 radical (unpaired) electrons. The van der Waals surface area contributed by atoms with Crippen LogP contribution in [0.25, 0.3) is 11.5 Å². The highest BCUT2D eigenvalue weighted by molar-refractivity contribution is 7.91. The van der Waals surface area contributed by atoms with Gasteiger partial charge in [0.2, 0.25) is 26.6 Å². The Hall–Kier alpha value is -3.29. The maximum atomic E-state index is 13.3. The molecule has 0 aliphatic heterocycles. The minimum atomic E-state index is -3.94. The van der Waals surface area contributed by atoms with Crippen molar-refractivity contribution >= 4 is 27.3 Å². The Bertz CT molecular complexity index is 1290. The van der Waals surface area contributed by atoms with Crippen molar-refractivity contribution in [3.63, 3.8) is 0 Å². The van der Waals surface area contributed by atoms with Crippen molar-refractivity contribution in [1.82, 2.24) is 4.98 Å². The summed E-state index contributed by atoms with van der Waals surface area (Å²) >= 11 is 5.92. The Morgan fingerprint density at radius 3 is 2.34 bits per heavy atom. The molecular formula is C24H21ClN2O4S. The highest BCUT2D eigenvalue weighted by Gasteiger charge is 2.28. The molecule has 0 bridgehead atoms. The van der Waals surface area contributed by atoms with Crippen LogP contribution in [-0.2, 0) is 9.84 Å². The summed E-state index contributed by atoms with van der Waals surface area (Å²) in [6.07, 6.45) is 0. The predicted molar refractivity (Wildman–Crippen MR) is 124 cm³/mol.